The van der Waals surface area contributed by atoms with Gasteiger partial charge in [-0.1, -0.05) is 19.9 Å². The van der Waals surface area contributed by atoms with E-state index in [1.54, 1.807) is 6.07 Å². The Labute approximate surface area is 101 Å². The van der Waals surface area contributed by atoms with E-state index in [1.165, 1.54) is 18.2 Å². The quantitative estimate of drug-likeness (QED) is 0.859. The SMILES string of the molecule is CC(C)[C@@H](N)C(=O)Nc1cccc(F)c1.Cl. The van der Waals surface area contributed by atoms with E-state index in [0.717, 1.165) is 0 Å². The zero-order valence-electron chi connectivity index (χ0n) is 9.24. The fourth-order valence-corrected chi connectivity index (χ4v) is 1.09. The predicted octanol–water partition coefficient (Wildman–Crippen LogP) is 2.17. The molecule has 0 saturated heterocycles. The second kappa shape index (κ2) is 6.45. The zero-order chi connectivity index (χ0) is 11.4. The van der Waals surface area contributed by atoms with Gasteiger partial charge in [0.05, 0.1) is 6.04 Å². The van der Waals surface area contributed by atoms with Crippen molar-refractivity contribution in [2.45, 2.75) is 19.9 Å². The van der Waals surface area contributed by atoms with Crippen LogP contribution in [0.3, 0.4) is 0 Å². The van der Waals surface area contributed by atoms with Crippen LogP contribution in [0, 0.1) is 11.7 Å². The predicted molar refractivity (Wildman–Crippen MR) is 65.1 cm³/mol. The monoisotopic (exact) mass is 246 g/mol. The second-order valence-electron chi connectivity index (χ2n) is 3.77. The highest BCUT2D eigenvalue weighted by atomic mass is 35.5. The van der Waals surface area contributed by atoms with Gasteiger partial charge in [-0.05, 0) is 24.1 Å². The van der Waals surface area contributed by atoms with Crippen molar-refractivity contribution >= 4 is 24.0 Å². The minimum absolute atomic E-state index is 0. The summed E-state index contributed by atoms with van der Waals surface area (Å²) in [5.41, 5.74) is 6.07. The van der Waals surface area contributed by atoms with Gasteiger partial charge in [-0.25, -0.2) is 4.39 Å². The number of carbonyl (C=O) groups excluding carboxylic acids is 1. The Morgan fingerprint density at radius 3 is 2.56 bits per heavy atom. The van der Waals surface area contributed by atoms with Gasteiger partial charge < -0.3 is 11.1 Å². The Morgan fingerprint density at radius 1 is 1.44 bits per heavy atom. The second-order valence-corrected chi connectivity index (χ2v) is 3.77. The van der Waals surface area contributed by atoms with Crippen LogP contribution in [-0.2, 0) is 4.79 Å². The number of amides is 1. The molecule has 1 aromatic carbocycles. The molecule has 0 heterocycles. The number of nitrogens with two attached hydrogens (primary N) is 1. The number of hydrogen-bond donors (Lipinski definition) is 2. The number of hydrogen-bond acceptors (Lipinski definition) is 2. The van der Waals surface area contributed by atoms with Gasteiger partial charge in [-0.3, -0.25) is 4.79 Å². The van der Waals surface area contributed by atoms with Crippen LogP contribution in [0.4, 0.5) is 10.1 Å². The van der Waals surface area contributed by atoms with Gasteiger partial charge in [0.15, 0.2) is 0 Å². The molecule has 1 amide bonds. The molecule has 0 spiro atoms. The number of benzene rings is 1. The summed E-state index contributed by atoms with van der Waals surface area (Å²) in [5, 5.41) is 2.56. The molecule has 0 aliphatic carbocycles. The molecule has 1 aromatic rings. The molecule has 16 heavy (non-hydrogen) atoms. The molecule has 5 heteroatoms. The fraction of sp³-hybridized carbons (Fsp3) is 0.364. The maximum absolute atomic E-state index is 12.8. The molecular weight excluding hydrogens is 231 g/mol. The molecule has 0 aromatic heterocycles. The summed E-state index contributed by atoms with van der Waals surface area (Å²) >= 11 is 0. The summed E-state index contributed by atoms with van der Waals surface area (Å²) in [6.07, 6.45) is 0. The number of halogens is 2. The molecule has 0 aliphatic heterocycles. The first kappa shape index (κ1) is 14.9. The average molecular weight is 247 g/mol. The molecule has 0 aliphatic rings. The van der Waals surface area contributed by atoms with E-state index in [1.807, 2.05) is 13.8 Å². The van der Waals surface area contributed by atoms with Gasteiger partial charge in [0.1, 0.15) is 5.82 Å². The van der Waals surface area contributed by atoms with Crippen molar-refractivity contribution in [1.82, 2.24) is 0 Å². The Morgan fingerprint density at radius 2 is 2.06 bits per heavy atom. The maximum Gasteiger partial charge on any atom is 0.241 e. The Balaban J connectivity index is 0.00000225. The van der Waals surface area contributed by atoms with Crippen molar-refractivity contribution in [2.75, 3.05) is 5.32 Å². The minimum atomic E-state index is -0.576. The fourth-order valence-electron chi connectivity index (χ4n) is 1.09. The van der Waals surface area contributed by atoms with Crippen LogP contribution in [0.1, 0.15) is 13.8 Å². The summed E-state index contributed by atoms with van der Waals surface area (Å²) in [4.78, 5) is 11.5. The van der Waals surface area contributed by atoms with Crippen molar-refractivity contribution in [3.8, 4) is 0 Å². The van der Waals surface area contributed by atoms with E-state index in [2.05, 4.69) is 5.32 Å². The summed E-state index contributed by atoms with van der Waals surface area (Å²) in [5.74, 6) is -0.625. The molecule has 0 radical (unpaired) electrons. The van der Waals surface area contributed by atoms with E-state index in [4.69, 9.17) is 5.73 Å². The third-order valence-corrected chi connectivity index (χ3v) is 2.11. The van der Waals surface area contributed by atoms with Crippen molar-refractivity contribution in [3.05, 3.63) is 30.1 Å². The van der Waals surface area contributed by atoms with Crippen molar-refractivity contribution in [3.63, 3.8) is 0 Å². The highest BCUT2D eigenvalue weighted by molar-refractivity contribution is 5.94. The molecule has 1 atom stereocenters. The van der Waals surface area contributed by atoms with Gasteiger partial charge in [0.25, 0.3) is 0 Å². The van der Waals surface area contributed by atoms with E-state index >= 15 is 0 Å². The molecule has 3 nitrogen and oxygen atoms in total. The lowest BCUT2D eigenvalue weighted by Crippen LogP contribution is -2.39. The molecule has 0 unspecified atom stereocenters. The number of nitrogens with one attached hydrogen (secondary N) is 1. The maximum atomic E-state index is 12.8. The molecule has 0 saturated carbocycles. The van der Waals surface area contributed by atoms with E-state index < -0.39 is 6.04 Å². The first-order valence-electron chi connectivity index (χ1n) is 4.82. The number of carbonyl (C=O) groups is 1. The summed E-state index contributed by atoms with van der Waals surface area (Å²) in [6.45, 7) is 3.71. The zero-order valence-corrected chi connectivity index (χ0v) is 10.1. The van der Waals surface area contributed by atoms with Crippen molar-refractivity contribution < 1.29 is 9.18 Å². The van der Waals surface area contributed by atoms with Gasteiger partial charge in [-0.15, -0.1) is 12.4 Å². The first-order valence-corrected chi connectivity index (χ1v) is 4.82. The molecular formula is C11H16ClFN2O. The lowest BCUT2D eigenvalue weighted by atomic mass is 10.1. The Hall–Kier alpha value is -1.13. The van der Waals surface area contributed by atoms with E-state index in [0.29, 0.717) is 5.69 Å². The topological polar surface area (TPSA) is 55.1 Å². The standard InChI is InChI=1S/C11H15FN2O.ClH/c1-7(2)10(13)11(15)14-9-5-3-4-8(12)6-9;/h3-7,10H,13H2,1-2H3,(H,14,15);1H/t10-;/m1./s1. The first-order chi connectivity index (χ1) is 7.00. The van der Waals surface area contributed by atoms with Crippen LogP contribution in [0.25, 0.3) is 0 Å². The normalized spacial score (nSPS) is 11.8. The van der Waals surface area contributed by atoms with Crippen LogP contribution in [0.5, 0.6) is 0 Å². The lowest BCUT2D eigenvalue weighted by molar-refractivity contribution is -0.118. The molecule has 90 valence electrons. The summed E-state index contributed by atoms with van der Waals surface area (Å²) in [6, 6.07) is 5.15. The highest BCUT2D eigenvalue weighted by Crippen LogP contribution is 2.10. The molecule has 0 fully saturated rings. The molecule has 0 bridgehead atoms. The lowest BCUT2D eigenvalue weighted by Gasteiger charge is -2.15. The summed E-state index contributed by atoms with van der Waals surface area (Å²) < 4.78 is 12.8. The van der Waals surface area contributed by atoms with Crippen LogP contribution < -0.4 is 11.1 Å². The van der Waals surface area contributed by atoms with Gasteiger partial charge in [0.2, 0.25) is 5.91 Å². The minimum Gasteiger partial charge on any atom is -0.325 e. The van der Waals surface area contributed by atoms with Gasteiger partial charge in [-0.2, -0.15) is 0 Å². The smallest absolute Gasteiger partial charge is 0.241 e. The summed E-state index contributed by atoms with van der Waals surface area (Å²) in [7, 11) is 0. The third-order valence-electron chi connectivity index (χ3n) is 2.11. The molecule has 1 rings (SSSR count). The van der Waals surface area contributed by atoms with Gasteiger partial charge >= 0.3 is 0 Å². The number of anilines is 1. The highest BCUT2D eigenvalue weighted by Gasteiger charge is 2.16. The van der Waals surface area contributed by atoms with Crippen LogP contribution in [0.15, 0.2) is 24.3 Å². The Kier molecular flexibility index (Phi) is 6.00. The van der Waals surface area contributed by atoms with E-state index in [-0.39, 0.29) is 30.0 Å². The third kappa shape index (κ3) is 4.16. The van der Waals surface area contributed by atoms with Crippen LogP contribution in [0.2, 0.25) is 0 Å². The van der Waals surface area contributed by atoms with E-state index in [9.17, 15) is 9.18 Å². The average Bonchev–Trinajstić information content (AvgIpc) is 2.16. The van der Waals surface area contributed by atoms with Crippen LogP contribution >= 0.6 is 12.4 Å². The van der Waals surface area contributed by atoms with Gasteiger partial charge in [0, 0.05) is 5.69 Å². The number of rotatable bonds is 3. The van der Waals surface area contributed by atoms with Crippen molar-refractivity contribution in [1.29, 1.82) is 0 Å². The molecule has 3 N–H and O–H groups in total. The largest absolute Gasteiger partial charge is 0.325 e. The Bertz CT molecular complexity index is 358. The van der Waals surface area contributed by atoms with Crippen LogP contribution in [-0.4, -0.2) is 11.9 Å². The van der Waals surface area contributed by atoms with Crippen molar-refractivity contribution in [2.24, 2.45) is 11.7 Å².